The smallest absolute Gasteiger partial charge is 0.162 e. The Labute approximate surface area is 359 Å². The first-order chi connectivity index (χ1) is 28.5. The molecule has 0 fully saturated rings. The molecule has 2 aromatic carbocycles. The average Bonchev–Trinajstić information content (AvgIpc) is 4.04. The molecule has 0 unspecified atom stereocenters. The van der Waals surface area contributed by atoms with Gasteiger partial charge in [-0.05, 0) is 70.2 Å². The maximum absolute atomic E-state index is 6.40. The Kier molecular flexibility index (Phi) is 13.7. The van der Waals surface area contributed by atoms with Gasteiger partial charge in [-0.2, -0.15) is 5.10 Å². The Balaban J connectivity index is 0.000000178. The largest absolute Gasteiger partial charge is 0.367 e. The molecule has 0 spiro atoms. The summed E-state index contributed by atoms with van der Waals surface area (Å²) in [6.07, 6.45) is 12.3. The predicted molar refractivity (Wildman–Crippen MR) is 246 cm³/mol. The van der Waals surface area contributed by atoms with Crippen molar-refractivity contribution in [1.29, 1.82) is 0 Å². The van der Waals surface area contributed by atoms with Gasteiger partial charge in [-0.25, -0.2) is 24.6 Å². The lowest BCUT2D eigenvalue weighted by Crippen LogP contribution is -2.31. The van der Waals surface area contributed by atoms with E-state index in [0.29, 0.717) is 24.7 Å². The van der Waals surface area contributed by atoms with Crippen LogP contribution in [0.2, 0.25) is 0 Å². The van der Waals surface area contributed by atoms with Gasteiger partial charge in [0.15, 0.2) is 11.6 Å². The van der Waals surface area contributed by atoms with Gasteiger partial charge in [0.05, 0.1) is 13.9 Å². The number of benzene rings is 2. The van der Waals surface area contributed by atoms with Crippen molar-refractivity contribution < 1.29 is 0 Å². The minimum atomic E-state index is -0.0395. The third-order valence-corrected chi connectivity index (χ3v) is 12.0. The van der Waals surface area contributed by atoms with Gasteiger partial charge < -0.3 is 22.1 Å². The molecule has 12 nitrogen and oxygen atoms in total. The first-order valence-corrected chi connectivity index (χ1v) is 21.1. The number of nitrogens with two attached hydrogens (primary N) is 2. The van der Waals surface area contributed by atoms with Crippen LogP contribution in [0, 0.1) is 0 Å². The molecule has 298 valence electrons. The molecular formula is C44H43BrN12S2. The number of rotatable bonds is 13. The molecular weight excluding hydrogens is 841 g/mol. The minimum absolute atomic E-state index is 0. The van der Waals surface area contributed by atoms with Gasteiger partial charge in [0.25, 0.3) is 0 Å². The van der Waals surface area contributed by atoms with E-state index in [2.05, 4.69) is 71.3 Å². The Morgan fingerprint density at radius 2 is 1.08 bits per heavy atom. The molecule has 15 heteroatoms. The molecule has 7 heterocycles. The van der Waals surface area contributed by atoms with Crippen molar-refractivity contribution in [2.75, 3.05) is 23.7 Å². The van der Waals surface area contributed by atoms with Crippen LogP contribution in [0.25, 0.3) is 48.9 Å². The zero-order valence-corrected chi connectivity index (χ0v) is 34.4. The normalized spacial score (nSPS) is 12.0. The number of aromatic nitrogens is 8. The fourth-order valence-corrected chi connectivity index (χ4v) is 8.77. The lowest BCUT2D eigenvalue weighted by atomic mass is 10.1. The van der Waals surface area contributed by atoms with Crippen LogP contribution < -0.4 is 22.1 Å². The highest BCUT2D eigenvalue weighted by atomic mass is 79.9. The molecule has 0 radical (unpaired) electrons. The molecule has 0 aliphatic rings. The summed E-state index contributed by atoms with van der Waals surface area (Å²) in [5.74, 6) is 2.90. The molecule has 0 amide bonds. The molecule has 2 atom stereocenters. The average molecular weight is 884 g/mol. The van der Waals surface area contributed by atoms with Gasteiger partial charge in [-0.15, -0.1) is 22.7 Å². The number of nitrogens with one attached hydrogen (secondary N) is 2. The first kappa shape index (κ1) is 41.2. The second kappa shape index (κ2) is 19.7. The zero-order valence-electron chi connectivity index (χ0n) is 31.2. The number of fused-ring (bicyclic) bond motifs is 2. The number of thiophene rings is 2. The van der Waals surface area contributed by atoms with Crippen molar-refractivity contribution >= 4 is 70.7 Å². The van der Waals surface area contributed by atoms with E-state index in [4.69, 9.17) is 31.4 Å². The number of halogens is 1. The van der Waals surface area contributed by atoms with Crippen LogP contribution in [0.15, 0.2) is 143 Å². The predicted octanol–water partition coefficient (Wildman–Crippen LogP) is 9.05. The summed E-state index contributed by atoms with van der Waals surface area (Å²) in [7, 11) is 0. The number of hydrogen-bond acceptors (Lipinski definition) is 13. The van der Waals surface area contributed by atoms with Gasteiger partial charge in [0.2, 0.25) is 0 Å². The quantitative estimate of drug-likeness (QED) is 0.0871. The molecule has 0 saturated carbocycles. The van der Waals surface area contributed by atoms with E-state index >= 15 is 0 Å². The number of nitrogens with zero attached hydrogens (tertiary/aromatic N) is 8. The summed E-state index contributed by atoms with van der Waals surface area (Å²) >= 11 is 6.80. The van der Waals surface area contributed by atoms with Gasteiger partial charge >= 0.3 is 0 Å². The van der Waals surface area contributed by atoms with E-state index < -0.39 is 0 Å². The summed E-state index contributed by atoms with van der Waals surface area (Å²) in [5.41, 5.74) is 19.7. The van der Waals surface area contributed by atoms with Crippen molar-refractivity contribution in [1.82, 2.24) is 39.7 Å². The summed E-state index contributed by atoms with van der Waals surface area (Å²) in [6, 6.07) is 30.0. The summed E-state index contributed by atoms with van der Waals surface area (Å²) < 4.78 is 4.80. The Bertz CT molecular complexity index is 2680. The fraction of sp³-hybridized carbons (Fsp3) is 0.159. The topological polar surface area (TPSA) is 171 Å². The Hall–Kier alpha value is -5.97. The second-order valence-corrected chi connectivity index (χ2v) is 16.0. The van der Waals surface area contributed by atoms with Crippen molar-refractivity contribution in [2.24, 2.45) is 11.5 Å². The molecule has 6 N–H and O–H groups in total. The lowest BCUT2D eigenvalue weighted by Gasteiger charge is -2.14. The second-order valence-electron chi connectivity index (χ2n) is 13.4. The number of hydrogen-bond donors (Lipinski definition) is 4. The SMILES string of the molecule is C.N[C@H](CNc1nc(-c2ccncc2)nc2c(-n3cccn3)csc12)Cc1ccccc1.N[C@H](CNc1nc(-c2ccncc2)nc2c(Br)csc12)Cc1ccccc1. The molecule has 0 aliphatic heterocycles. The van der Waals surface area contributed by atoms with Gasteiger partial charge in [0.1, 0.15) is 28.4 Å². The van der Waals surface area contributed by atoms with Crippen molar-refractivity contribution in [3.63, 3.8) is 0 Å². The number of anilines is 2. The van der Waals surface area contributed by atoms with E-state index in [1.165, 1.54) is 11.1 Å². The van der Waals surface area contributed by atoms with Crippen molar-refractivity contribution in [3.8, 4) is 28.5 Å². The molecule has 0 aliphatic carbocycles. The molecule has 9 rings (SSSR count). The summed E-state index contributed by atoms with van der Waals surface area (Å²) in [6.45, 7) is 1.23. The van der Waals surface area contributed by atoms with E-state index in [1.807, 2.05) is 83.0 Å². The van der Waals surface area contributed by atoms with Gasteiger partial charge in [-0.3, -0.25) is 9.97 Å². The highest BCUT2D eigenvalue weighted by Crippen LogP contribution is 2.36. The molecule has 59 heavy (non-hydrogen) atoms. The van der Waals surface area contributed by atoms with E-state index in [-0.39, 0.29) is 19.5 Å². The Morgan fingerprint density at radius 1 is 0.593 bits per heavy atom. The third kappa shape index (κ3) is 10.2. The van der Waals surface area contributed by atoms with Crippen LogP contribution in [0.3, 0.4) is 0 Å². The van der Waals surface area contributed by atoms with Crippen LogP contribution in [0.4, 0.5) is 11.6 Å². The van der Waals surface area contributed by atoms with Gasteiger partial charge in [0, 0.05) is 84.2 Å². The van der Waals surface area contributed by atoms with Crippen molar-refractivity contribution in [2.45, 2.75) is 32.4 Å². The molecule has 0 bridgehead atoms. The van der Waals surface area contributed by atoms with Crippen LogP contribution in [0.5, 0.6) is 0 Å². The third-order valence-electron chi connectivity index (χ3n) is 9.14. The zero-order chi connectivity index (χ0) is 39.7. The summed E-state index contributed by atoms with van der Waals surface area (Å²) in [4.78, 5) is 27.3. The van der Waals surface area contributed by atoms with E-state index in [9.17, 15) is 0 Å². The summed E-state index contributed by atoms with van der Waals surface area (Å²) in [5, 5.41) is 15.4. The highest BCUT2D eigenvalue weighted by Gasteiger charge is 2.18. The lowest BCUT2D eigenvalue weighted by molar-refractivity contribution is 0.698. The maximum Gasteiger partial charge on any atom is 0.162 e. The van der Waals surface area contributed by atoms with Gasteiger partial charge in [-0.1, -0.05) is 68.1 Å². The monoisotopic (exact) mass is 882 g/mol. The minimum Gasteiger partial charge on any atom is -0.367 e. The molecule has 0 saturated heterocycles. The van der Waals surface area contributed by atoms with Crippen molar-refractivity contribution in [3.05, 3.63) is 155 Å². The van der Waals surface area contributed by atoms with Crippen LogP contribution >= 0.6 is 38.6 Å². The van der Waals surface area contributed by atoms with E-state index in [1.54, 1.807) is 53.7 Å². The fourth-order valence-electron chi connectivity index (χ4n) is 6.30. The van der Waals surface area contributed by atoms with Crippen LogP contribution in [-0.4, -0.2) is 64.9 Å². The number of pyridine rings is 2. The highest BCUT2D eigenvalue weighted by molar-refractivity contribution is 9.10. The molecule has 7 aromatic heterocycles. The standard InChI is InChI=1S/C23H21N7S.C20H18BrN5S.CH4/c24-18(13-16-5-2-1-3-6-16)14-26-23-21-20(19(15-31-21)30-12-4-9-27-30)28-22(29-23)17-7-10-25-11-8-17;21-16-12-27-18-17(16)25-19(14-6-8-23-9-7-14)26-20(18)24-11-15(22)10-13-4-2-1-3-5-13;/h1-12,15,18H,13-14,24H2,(H,26,28,29);1-9,12,15H,10-11,22H2,(H,24,25,26);1H4/t18-;15-;/m00./s1. The maximum atomic E-state index is 6.40. The first-order valence-electron chi connectivity index (χ1n) is 18.6. The van der Waals surface area contributed by atoms with Crippen LogP contribution in [0.1, 0.15) is 18.6 Å². The van der Waals surface area contributed by atoms with Crippen LogP contribution in [-0.2, 0) is 12.8 Å². The molecule has 9 aromatic rings. The Morgan fingerprint density at radius 3 is 1.59 bits per heavy atom. The van der Waals surface area contributed by atoms with E-state index in [0.717, 1.165) is 66.2 Å².